The van der Waals surface area contributed by atoms with Crippen LogP contribution >= 0.6 is 0 Å². The van der Waals surface area contributed by atoms with Gasteiger partial charge in [0.05, 0.1) is 0 Å². The number of benzene rings is 1. The SMILES string of the molecule is CC(NCc1ccc(OCC(N)=O)cc1)C1CCCCC1. The molecule has 1 unspecified atom stereocenters. The Hall–Kier alpha value is -1.55. The molecule has 116 valence electrons. The van der Waals surface area contributed by atoms with E-state index in [1.165, 1.54) is 37.7 Å². The van der Waals surface area contributed by atoms with Crippen LogP contribution in [0.4, 0.5) is 0 Å². The second kappa shape index (κ2) is 8.03. The van der Waals surface area contributed by atoms with Gasteiger partial charge in [-0.2, -0.15) is 0 Å². The fraction of sp³-hybridized carbons (Fsp3) is 0.588. The van der Waals surface area contributed by atoms with E-state index in [0.29, 0.717) is 11.8 Å². The summed E-state index contributed by atoms with van der Waals surface area (Å²) in [6, 6.07) is 8.38. The summed E-state index contributed by atoms with van der Waals surface area (Å²) in [4.78, 5) is 10.7. The molecule has 1 atom stereocenters. The van der Waals surface area contributed by atoms with Gasteiger partial charge in [-0.3, -0.25) is 4.79 Å². The van der Waals surface area contributed by atoms with Crippen molar-refractivity contribution < 1.29 is 9.53 Å². The molecule has 21 heavy (non-hydrogen) atoms. The number of carbonyl (C=O) groups excluding carboxylic acids is 1. The molecule has 4 heteroatoms. The summed E-state index contributed by atoms with van der Waals surface area (Å²) < 4.78 is 5.25. The summed E-state index contributed by atoms with van der Waals surface area (Å²) in [6.45, 7) is 3.09. The number of hydrogen-bond acceptors (Lipinski definition) is 3. The number of amides is 1. The van der Waals surface area contributed by atoms with Crippen molar-refractivity contribution in [2.24, 2.45) is 11.7 Å². The van der Waals surface area contributed by atoms with Gasteiger partial charge < -0.3 is 15.8 Å². The average Bonchev–Trinajstić information content (AvgIpc) is 2.52. The molecule has 3 N–H and O–H groups in total. The van der Waals surface area contributed by atoms with Crippen molar-refractivity contribution in [1.82, 2.24) is 5.32 Å². The Labute approximate surface area is 127 Å². The molecule has 0 spiro atoms. The third-order valence-electron chi connectivity index (χ3n) is 4.29. The molecule has 4 nitrogen and oxygen atoms in total. The van der Waals surface area contributed by atoms with Crippen LogP contribution in [0.2, 0.25) is 0 Å². The molecule has 1 aromatic rings. The number of nitrogens with one attached hydrogen (secondary N) is 1. The zero-order valence-corrected chi connectivity index (χ0v) is 12.8. The standard InChI is InChI=1S/C17H26N2O2/c1-13(15-5-3-2-4-6-15)19-11-14-7-9-16(10-8-14)21-12-17(18)20/h7-10,13,15,19H,2-6,11-12H2,1H3,(H2,18,20). The van der Waals surface area contributed by atoms with E-state index in [0.717, 1.165) is 12.5 Å². The molecule has 1 fully saturated rings. The second-order valence-corrected chi connectivity index (χ2v) is 5.97. The van der Waals surface area contributed by atoms with Crippen LogP contribution in [-0.4, -0.2) is 18.6 Å². The monoisotopic (exact) mass is 290 g/mol. The van der Waals surface area contributed by atoms with Gasteiger partial charge in [0.1, 0.15) is 5.75 Å². The van der Waals surface area contributed by atoms with Gasteiger partial charge in [0.25, 0.3) is 5.91 Å². The van der Waals surface area contributed by atoms with E-state index >= 15 is 0 Å². The number of ether oxygens (including phenoxy) is 1. The van der Waals surface area contributed by atoms with Crippen LogP contribution < -0.4 is 15.8 Å². The fourth-order valence-corrected chi connectivity index (χ4v) is 2.94. The predicted octanol–water partition coefficient (Wildman–Crippen LogP) is 2.61. The lowest BCUT2D eigenvalue weighted by Gasteiger charge is -2.28. The van der Waals surface area contributed by atoms with Crippen LogP contribution in [0.25, 0.3) is 0 Å². The molecule has 1 saturated carbocycles. The lowest BCUT2D eigenvalue weighted by atomic mass is 9.84. The molecule has 0 bridgehead atoms. The lowest BCUT2D eigenvalue weighted by molar-refractivity contribution is -0.119. The van der Waals surface area contributed by atoms with Gasteiger partial charge in [-0.05, 0) is 43.4 Å². The van der Waals surface area contributed by atoms with Gasteiger partial charge in [-0.1, -0.05) is 31.4 Å². The highest BCUT2D eigenvalue weighted by Gasteiger charge is 2.19. The lowest BCUT2D eigenvalue weighted by Crippen LogP contribution is -2.34. The smallest absolute Gasteiger partial charge is 0.255 e. The van der Waals surface area contributed by atoms with Crippen LogP contribution in [0, 0.1) is 5.92 Å². The zero-order chi connectivity index (χ0) is 15.1. The van der Waals surface area contributed by atoms with Gasteiger partial charge in [0.2, 0.25) is 0 Å². The van der Waals surface area contributed by atoms with Crippen molar-refractivity contribution in [3.63, 3.8) is 0 Å². The van der Waals surface area contributed by atoms with Crippen molar-refractivity contribution in [3.05, 3.63) is 29.8 Å². The minimum absolute atomic E-state index is 0.0731. The van der Waals surface area contributed by atoms with Gasteiger partial charge in [0.15, 0.2) is 6.61 Å². The largest absolute Gasteiger partial charge is 0.484 e. The van der Waals surface area contributed by atoms with Crippen molar-refractivity contribution >= 4 is 5.91 Å². The molecule has 1 amide bonds. The third kappa shape index (κ3) is 5.38. The predicted molar refractivity (Wildman–Crippen MR) is 84.0 cm³/mol. The molecule has 1 aromatic carbocycles. The zero-order valence-electron chi connectivity index (χ0n) is 12.8. The number of carbonyl (C=O) groups is 1. The van der Waals surface area contributed by atoms with Crippen molar-refractivity contribution in [3.8, 4) is 5.75 Å². The van der Waals surface area contributed by atoms with E-state index < -0.39 is 5.91 Å². The first-order valence-corrected chi connectivity index (χ1v) is 7.88. The molecule has 2 rings (SSSR count). The van der Waals surface area contributed by atoms with Crippen molar-refractivity contribution in [1.29, 1.82) is 0 Å². The van der Waals surface area contributed by atoms with E-state index in [1.54, 1.807) is 0 Å². The summed E-state index contributed by atoms with van der Waals surface area (Å²) in [5, 5.41) is 3.62. The summed E-state index contributed by atoms with van der Waals surface area (Å²) in [5.74, 6) is 1.04. The first kappa shape index (κ1) is 15.8. The van der Waals surface area contributed by atoms with E-state index in [2.05, 4.69) is 12.2 Å². The molecule has 1 aliphatic carbocycles. The van der Waals surface area contributed by atoms with E-state index in [1.807, 2.05) is 24.3 Å². The first-order chi connectivity index (χ1) is 10.1. The molecule has 0 radical (unpaired) electrons. The summed E-state index contributed by atoms with van der Waals surface area (Å²) in [7, 11) is 0. The third-order valence-corrected chi connectivity index (χ3v) is 4.29. The fourth-order valence-electron chi connectivity index (χ4n) is 2.94. The topological polar surface area (TPSA) is 64.3 Å². The van der Waals surface area contributed by atoms with Crippen LogP contribution in [0.1, 0.15) is 44.6 Å². The maximum Gasteiger partial charge on any atom is 0.255 e. The Balaban J connectivity index is 1.76. The summed E-state index contributed by atoms with van der Waals surface area (Å²) >= 11 is 0. The molecule has 0 heterocycles. The first-order valence-electron chi connectivity index (χ1n) is 7.88. The molecule has 0 aromatic heterocycles. The van der Waals surface area contributed by atoms with E-state index in [-0.39, 0.29) is 6.61 Å². The maximum atomic E-state index is 10.7. The van der Waals surface area contributed by atoms with Crippen molar-refractivity contribution in [2.45, 2.75) is 51.6 Å². The Kier molecular flexibility index (Phi) is 6.05. The average molecular weight is 290 g/mol. The molecular formula is C17H26N2O2. The Bertz CT molecular complexity index is 439. The highest BCUT2D eigenvalue weighted by molar-refractivity contribution is 5.75. The highest BCUT2D eigenvalue weighted by atomic mass is 16.5. The van der Waals surface area contributed by atoms with Crippen LogP contribution in [-0.2, 0) is 11.3 Å². The normalized spacial score (nSPS) is 17.4. The number of nitrogens with two attached hydrogens (primary N) is 1. The van der Waals surface area contributed by atoms with Gasteiger partial charge in [-0.25, -0.2) is 0 Å². The Morgan fingerprint density at radius 2 is 1.95 bits per heavy atom. The quantitative estimate of drug-likeness (QED) is 0.811. The van der Waals surface area contributed by atoms with E-state index in [4.69, 9.17) is 10.5 Å². The summed E-state index contributed by atoms with van der Waals surface area (Å²) in [6.07, 6.45) is 6.86. The second-order valence-electron chi connectivity index (χ2n) is 5.97. The molecule has 0 saturated heterocycles. The maximum absolute atomic E-state index is 10.7. The molecule has 0 aliphatic heterocycles. The Morgan fingerprint density at radius 1 is 1.29 bits per heavy atom. The van der Waals surface area contributed by atoms with Gasteiger partial charge >= 0.3 is 0 Å². The van der Waals surface area contributed by atoms with Crippen LogP contribution in [0.5, 0.6) is 5.75 Å². The van der Waals surface area contributed by atoms with E-state index in [9.17, 15) is 4.79 Å². The molecule has 1 aliphatic rings. The van der Waals surface area contributed by atoms with Crippen LogP contribution in [0.3, 0.4) is 0 Å². The highest BCUT2D eigenvalue weighted by Crippen LogP contribution is 2.26. The number of primary amides is 1. The van der Waals surface area contributed by atoms with Crippen molar-refractivity contribution in [2.75, 3.05) is 6.61 Å². The number of hydrogen-bond donors (Lipinski definition) is 2. The minimum atomic E-state index is -0.456. The van der Waals surface area contributed by atoms with Gasteiger partial charge in [0, 0.05) is 12.6 Å². The summed E-state index contributed by atoms with van der Waals surface area (Å²) in [5.41, 5.74) is 6.27. The number of rotatable bonds is 7. The van der Waals surface area contributed by atoms with Gasteiger partial charge in [-0.15, -0.1) is 0 Å². The minimum Gasteiger partial charge on any atom is -0.484 e. The van der Waals surface area contributed by atoms with Crippen LogP contribution in [0.15, 0.2) is 24.3 Å². The molecular weight excluding hydrogens is 264 g/mol. The Morgan fingerprint density at radius 3 is 2.57 bits per heavy atom.